The fourth-order valence-corrected chi connectivity index (χ4v) is 5.04. The van der Waals surface area contributed by atoms with Crippen molar-refractivity contribution in [2.45, 2.75) is 31.0 Å². The molecule has 1 fully saturated rings. The van der Waals surface area contributed by atoms with Gasteiger partial charge >= 0.3 is 5.97 Å². The molecule has 1 aliphatic heterocycles. The number of nitrogens with zero attached hydrogens (tertiary/aromatic N) is 2. The van der Waals surface area contributed by atoms with Crippen LogP contribution in [-0.2, 0) is 14.3 Å². The van der Waals surface area contributed by atoms with Gasteiger partial charge in [-0.05, 0) is 44.9 Å². The Kier molecular flexibility index (Phi) is 6.95. The van der Waals surface area contributed by atoms with Crippen molar-refractivity contribution >= 4 is 45.2 Å². The van der Waals surface area contributed by atoms with Crippen LogP contribution in [0.25, 0.3) is 10.2 Å². The number of benzene rings is 1. The first-order chi connectivity index (χ1) is 13.1. The molecule has 0 atom stereocenters. The lowest BCUT2D eigenvalue weighted by atomic mass is 9.97. The molecular formula is C19H24N2O4S2. The van der Waals surface area contributed by atoms with E-state index in [1.54, 1.807) is 11.3 Å². The number of hydrogen-bond donors (Lipinski definition) is 0. The first-order valence-corrected chi connectivity index (χ1v) is 11.0. The second-order valence-corrected chi connectivity index (χ2v) is 8.49. The first kappa shape index (κ1) is 19.9. The molecule has 0 unspecified atom stereocenters. The molecule has 0 spiro atoms. The number of aromatic nitrogens is 1. The Bertz CT molecular complexity index is 800. The number of carbonyl (C=O) groups excluding carboxylic acids is 2. The molecule has 6 nitrogen and oxygen atoms in total. The topological polar surface area (TPSA) is 68.7 Å². The van der Waals surface area contributed by atoms with Gasteiger partial charge in [0.15, 0.2) is 4.34 Å². The van der Waals surface area contributed by atoms with Crippen molar-refractivity contribution in [2.24, 2.45) is 5.92 Å². The van der Waals surface area contributed by atoms with E-state index in [-0.39, 0.29) is 17.8 Å². The summed E-state index contributed by atoms with van der Waals surface area (Å²) in [6, 6.07) is 5.85. The number of thiazole rings is 1. The molecular weight excluding hydrogens is 384 g/mol. The molecule has 146 valence electrons. The van der Waals surface area contributed by atoms with Crippen LogP contribution in [0.15, 0.2) is 22.5 Å². The Labute approximate surface area is 167 Å². The zero-order valence-electron chi connectivity index (χ0n) is 15.6. The van der Waals surface area contributed by atoms with Gasteiger partial charge in [-0.25, -0.2) is 4.98 Å². The maximum Gasteiger partial charge on any atom is 0.309 e. The van der Waals surface area contributed by atoms with Gasteiger partial charge in [0.1, 0.15) is 5.75 Å². The lowest BCUT2D eigenvalue weighted by Crippen LogP contribution is -2.41. The third-order valence-electron chi connectivity index (χ3n) is 4.44. The van der Waals surface area contributed by atoms with Crippen LogP contribution in [0.1, 0.15) is 26.7 Å². The molecule has 1 saturated heterocycles. The predicted octanol–water partition coefficient (Wildman–Crippen LogP) is 3.59. The van der Waals surface area contributed by atoms with Crippen LogP contribution in [0.4, 0.5) is 0 Å². The summed E-state index contributed by atoms with van der Waals surface area (Å²) in [4.78, 5) is 30.7. The van der Waals surface area contributed by atoms with Gasteiger partial charge in [0.05, 0.1) is 35.1 Å². The van der Waals surface area contributed by atoms with E-state index in [0.29, 0.717) is 44.9 Å². The Morgan fingerprint density at radius 1 is 1.26 bits per heavy atom. The van der Waals surface area contributed by atoms with Crippen molar-refractivity contribution in [3.8, 4) is 5.75 Å². The van der Waals surface area contributed by atoms with Gasteiger partial charge in [0.25, 0.3) is 0 Å². The molecule has 1 aromatic heterocycles. The summed E-state index contributed by atoms with van der Waals surface area (Å²) in [7, 11) is 0. The lowest BCUT2D eigenvalue weighted by molar-refractivity contribution is -0.151. The number of thioether (sulfide) groups is 1. The maximum absolute atomic E-state index is 12.5. The normalized spacial score (nSPS) is 15.1. The maximum atomic E-state index is 12.5. The summed E-state index contributed by atoms with van der Waals surface area (Å²) in [6.45, 7) is 6.03. The van der Waals surface area contributed by atoms with Crippen LogP contribution >= 0.6 is 23.1 Å². The summed E-state index contributed by atoms with van der Waals surface area (Å²) in [5.41, 5.74) is 0.925. The number of hydrogen-bond acceptors (Lipinski definition) is 7. The quantitative estimate of drug-likeness (QED) is 0.515. The summed E-state index contributed by atoms with van der Waals surface area (Å²) in [6.07, 6.45) is 1.35. The highest BCUT2D eigenvalue weighted by atomic mass is 32.2. The highest BCUT2D eigenvalue weighted by Gasteiger charge is 2.28. The second kappa shape index (κ2) is 9.41. The number of piperidine rings is 1. The van der Waals surface area contributed by atoms with Crippen molar-refractivity contribution in [1.82, 2.24) is 9.88 Å². The van der Waals surface area contributed by atoms with E-state index in [1.807, 2.05) is 36.9 Å². The molecule has 2 aromatic rings. The molecule has 27 heavy (non-hydrogen) atoms. The predicted molar refractivity (Wildman–Crippen MR) is 107 cm³/mol. The smallest absolute Gasteiger partial charge is 0.309 e. The molecule has 1 amide bonds. The Balaban J connectivity index is 1.51. The number of likely N-dealkylation sites (tertiary alicyclic amines) is 1. The van der Waals surface area contributed by atoms with Crippen molar-refractivity contribution in [1.29, 1.82) is 0 Å². The van der Waals surface area contributed by atoms with E-state index < -0.39 is 0 Å². The van der Waals surface area contributed by atoms with Gasteiger partial charge in [-0.3, -0.25) is 9.59 Å². The number of carbonyl (C=O) groups is 2. The van der Waals surface area contributed by atoms with Crippen LogP contribution < -0.4 is 4.74 Å². The highest BCUT2D eigenvalue weighted by molar-refractivity contribution is 8.01. The molecule has 0 radical (unpaired) electrons. The molecule has 1 aromatic carbocycles. The third kappa shape index (κ3) is 5.13. The van der Waals surface area contributed by atoms with Crippen molar-refractivity contribution < 1.29 is 19.1 Å². The summed E-state index contributed by atoms with van der Waals surface area (Å²) in [5, 5.41) is 0. The Hall–Kier alpha value is -1.80. The number of ether oxygens (including phenoxy) is 2. The fourth-order valence-electron chi connectivity index (χ4n) is 3.04. The van der Waals surface area contributed by atoms with Crippen LogP contribution in [0, 0.1) is 5.92 Å². The zero-order chi connectivity index (χ0) is 19.2. The number of rotatable bonds is 7. The SMILES string of the molecule is CCOC(=O)C1CCN(C(=O)CSc2nc3ccc(OCC)cc3s2)CC1. The zero-order valence-corrected chi connectivity index (χ0v) is 17.2. The van der Waals surface area contributed by atoms with Gasteiger partial charge in [-0.15, -0.1) is 11.3 Å². The molecule has 0 N–H and O–H groups in total. The Morgan fingerprint density at radius 3 is 2.74 bits per heavy atom. The minimum absolute atomic E-state index is 0.0783. The van der Waals surface area contributed by atoms with Crippen LogP contribution in [0.5, 0.6) is 5.75 Å². The first-order valence-electron chi connectivity index (χ1n) is 9.21. The third-order valence-corrected chi connectivity index (χ3v) is 6.58. The molecule has 8 heteroatoms. The largest absolute Gasteiger partial charge is 0.494 e. The lowest BCUT2D eigenvalue weighted by Gasteiger charge is -2.30. The van der Waals surface area contributed by atoms with Crippen molar-refractivity contribution in [3.05, 3.63) is 18.2 Å². The molecule has 0 saturated carbocycles. The summed E-state index contributed by atoms with van der Waals surface area (Å²) in [5.74, 6) is 1.08. The molecule has 0 bridgehead atoms. The molecule has 0 aliphatic carbocycles. The van der Waals surface area contributed by atoms with E-state index in [4.69, 9.17) is 9.47 Å². The number of fused-ring (bicyclic) bond motifs is 1. The van der Waals surface area contributed by atoms with Crippen molar-refractivity contribution in [3.63, 3.8) is 0 Å². The van der Waals surface area contributed by atoms with Crippen LogP contribution in [-0.4, -0.2) is 53.8 Å². The van der Waals surface area contributed by atoms with Gasteiger partial charge < -0.3 is 14.4 Å². The van der Waals surface area contributed by atoms with Crippen molar-refractivity contribution in [2.75, 3.05) is 32.1 Å². The van der Waals surface area contributed by atoms with E-state index in [1.165, 1.54) is 11.8 Å². The Morgan fingerprint density at radius 2 is 2.04 bits per heavy atom. The van der Waals surface area contributed by atoms with E-state index >= 15 is 0 Å². The van der Waals surface area contributed by atoms with Gasteiger partial charge in [0.2, 0.25) is 5.91 Å². The minimum atomic E-state index is -0.139. The van der Waals surface area contributed by atoms with E-state index in [2.05, 4.69) is 4.98 Å². The second-order valence-electron chi connectivity index (χ2n) is 6.24. The van der Waals surface area contributed by atoms with Gasteiger partial charge in [-0.2, -0.15) is 0 Å². The average molecular weight is 409 g/mol. The van der Waals surface area contributed by atoms with Gasteiger partial charge in [-0.1, -0.05) is 11.8 Å². The van der Waals surface area contributed by atoms with Gasteiger partial charge in [0, 0.05) is 13.1 Å². The number of esters is 1. The fraction of sp³-hybridized carbons (Fsp3) is 0.526. The standard InChI is InChI=1S/C19H24N2O4S2/c1-3-24-14-5-6-15-16(11-14)27-19(20-15)26-12-17(22)21-9-7-13(8-10-21)18(23)25-4-2/h5-6,11,13H,3-4,7-10,12H2,1-2H3. The monoisotopic (exact) mass is 408 g/mol. The van der Waals surface area contributed by atoms with Crippen LogP contribution in [0.3, 0.4) is 0 Å². The highest BCUT2D eigenvalue weighted by Crippen LogP contribution is 2.32. The van der Waals surface area contributed by atoms with Crippen LogP contribution in [0.2, 0.25) is 0 Å². The molecule has 1 aliphatic rings. The van der Waals surface area contributed by atoms with E-state index in [0.717, 1.165) is 20.3 Å². The molecule has 2 heterocycles. The minimum Gasteiger partial charge on any atom is -0.494 e. The summed E-state index contributed by atoms with van der Waals surface area (Å²) >= 11 is 3.04. The van der Waals surface area contributed by atoms with E-state index in [9.17, 15) is 9.59 Å². The molecule has 3 rings (SSSR count). The average Bonchev–Trinajstić information content (AvgIpc) is 3.09. The summed E-state index contributed by atoms with van der Waals surface area (Å²) < 4.78 is 12.5. The number of amides is 1.